The summed E-state index contributed by atoms with van der Waals surface area (Å²) < 4.78 is 0. The maximum Gasteiger partial charge on any atom is 0.164 e. The Labute approximate surface area is 104 Å². The summed E-state index contributed by atoms with van der Waals surface area (Å²) in [5, 5.41) is 3.36. The number of carbonyl (C=O) groups is 1. The Kier molecular flexibility index (Phi) is 6.48. The van der Waals surface area contributed by atoms with Gasteiger partial charge in [-0.15, -0.1) is 0 Å². The van der Waals surface area contributed by atoms with Gasteiger partial charge in [0.1, 0.15) is 0 Å². The van der Waals surface area contributed by atoms with Crippen molar-refractivity contribution in [2.24, 2.45) is 5.92 Å². The molecule has 1 N–H and O–H groups in total. The zero-order valence-corrected chi connectivity index (χ0v) is 10.8. The van der Waals surface area contributed by atoms with Crippen LogP contribution < -0.4 is 5.32 Å². The molecule has 3 heteroatoms. The molecule has 0 unspecified atom stereocenters. The second kappa shape index (κ2) is 7.96. The Hall–Kier alpha value is -1.22. The summed E-state index contributed by atoms with van der Waals surface area (Å²) in [7, 11) is 0. The number of carbonyl (C=O) groups excluding carboxylic acids is 1. The summed E-state index contributed by atoms with van der Waals surface area (Å²) in [4.78, 5) is 15.7. The van der Waals surface area contributed by atoms with Crippen LogP contribution in [0, 0.1) is 5.92 Å². The van der Waals surface area contributed by atoms with E-state index in [-0.39, 0.29) is 5.78 Å². The van der Waals surface area contributed by atoms with Crippen LogP contribution >= 0.6 is 0 Å². The fourth-order valence-electron chi connectivity index (χ4n) is 1.56. The molecule has 17 heavy (non-hydrogen) atoms. The number of nitrogens with one attached hydrogen (secondary N) is 1. The van der Waals surface area contributed by atoms with Crippen molar-refractivity contribution in [2.75, 3.05) is 13.1 Å². The predicted octanol–water partition coefficient (Wildman–Crippen LogP) is 2.68. The largest absolute Gasteiger partial charge is 0.317 e. The first-order valence-electron chi connectivity index (χ1n) is 6.34. The highest BCUT2D eigenvalue weighted by Gasteiger charge is 2.04. The van der Waals surface area contributed by atoms with Crippen LogP contribution in [0.3, 0.4) is 0 Å². The van der Waals surface area contributed by atoms with E-state index in [2.05, 4.69) is 24.1 Å². The minimum atomic E-state index is 0.184. The van der Waals surface area contributed by atoms with Crippen LogP contribution in [0.4, 0.5) is 0 Å². The van der Waals surface area contributed by atoms with Crippen LogP contribution in [0.2, 0.25) is 0 Å². The number of ketones is 1. The molecule has 0 aliphatic carbocycles. The van der Waals surface area contributed by atoms with Crippen molar-refractivity contribution in [3.05, 3.63) is 30.1 Å². The van der Waals surface area contributed by atoms with Crippen LogP contribution in [0.1, 0.15) is 43.5 Å². The monoisotopic (exact) mass is 234 g/mol. The SMILES string of the molecule is CC(C)CCNCCCC(=O)c1cccnc1. The molecule has 0 aliphatic heterocycles. The lowest BCUT2D eigenvalue weighted by Gasteiger charge is -2.06. The van der Waals surface area contributed by atoms with Crippen LogP contribution in [-0.4, -0.2) is 23.9 Å². The Morgan fingerprint density at radius 1 is 1.41 bits per heavy atom. The van der Waals surface area contributed by atoms with Gasteiger partial charge < -0.3 is 5.32 Å². The molecule has 0 radical (unpaired) electrons. The molecule has 0 amide bonds. The Balaban J connectivity index is 2.09. The van der Waals surface area contributed by atoms with Gasteiger partial charge in [-0.1, -0.05) is 13.8 Å². The van der Waals surface area contributed by atoms with Gasteiger partial charge in [-0.25, -0.2) is 0 Å². The Morgan fingerprint density at radius 2 is 2.24 bits per heavy atom. The molecule has 1 aromatic heterocycles. The van der Waals surface area contributed by atoms with E-state index < -0.39 is 0 Å². The van der Waals surface area contributed by atoms with Crippen molar-refractivity contribution < 1.29 is 4.79 Å². The van der Waals surface area contributed by atoms with Gasteiger partial charge in [0.15, 0.2) is 5.78 Å². The summed E-state index contributed by atoms with van der Waals surface area (Å²) in [5.74, 6) is 0.920. The van der Waals surface area contributed by atoms with Crippen molar-refractivity contribution in [3.63, 3.8) is 0 Å². The number of pyridine rings is 1. The first-order valence-corrected chi connectivity index (χ1v) is 6.34. The van der Waals surface area contributed by atoms with E-state index in [9.17, 15) is 4.79 Å². The zero-order valence-electron chi connectivity index (χ0n) is 10.8. The summed E-state index contributed by atoms with van der Waals surface area (Å²) >= 11 is 0. The van der Waals surface area contributed by atoms with Crippen LogP contribution in [0.15, 0.2) is 24.5 Å². The van der Waals surface area contributed by atoms with Crippen molar-refractivity contribution >= 4 is 5.78 Å². The number of hydrogen-bond acceptors (Lipinski definition) is 3. The molecule has 1 heterocycles. The minimum absolute atomic E-state index is 0.184. The first kappa shape index (κ1) is 13.8. The fraction of sp³-hybridized carbons (Fsp3) is 0.571. The first-order chi connectivity index (χ1) is 8.20. The quantitative estimate of drug-likeness (QED) is 0.555. The molecule has 0 bridgehead atoms. The van der Waals surface area contributed by atoms with E-state index in [0.717, 1.165) is 31.0 Å². The van der Waals surface area contributed by atoms with Gasteiger partial charge in [-0.05, 0) is 44.0 Å². The van der Waals surface area contributed by atoms with E-state index in [4.69, 9.17) is 0 Å². The van der Waals surface area contributed by atoms with Gasteiger partial charge in [0.05, 0.1) is 0 Å². The predicted molar refractivity (Wildman–Crippen MR) is 70.1 cm³/mol. The Morgan fingerprint density at radius 3 is 2.88 bits per heavy atom. The van der Waals surface area contributed by atoms with Crippen molar-refractivity contribution in [2.45, 2.75) is 33.1 Å². The number of nitrogens with zero attached hydrogens (tertiary/aromatic N) is 1. The summed E-state index contributed by atoms with van der Waals surface area (Å²) in [6.07, 6.45) is 6.00. The maximum absolute atomic E-state index is 11.7. The van der Waals surface area contributed by atoms with Gasteiger partial charge >= 0.3 is 0 Å². The van der Waals surface area contributed by atoms with Gasteiger partial charge in [0.2, 0.25) is 0 Å². The molecule has 0 saturated heterocycles. The lowest BCUT2D eigenvalue weighted by Crippen LogP contribution is -2.18. The van der Waals surface area contributed by atoms with Gasteiger partial charge in [-0.3, -0.25) is 9.78 Å². The highest BCUT2D eigenvalue weighted by atomic mass is 16.1. The topological polar surface area (TPSA) is 42.0 Å². The number of hydrogen-bond donors (Lipinski definition) is 1. The van der Waals surface area contributed by atoms with E-state index >= 15 is 0 Å². The van der Waals surface area contributed by atoms with Gasteiger partial charge in [0, 0.05) is 24.4 Å². The van der Waals surface area contributed by atoms with Crippen LogP contribution in [0.5, 0.6) is 0 Å². The van der Waals surface area contributed by atoms with Crippen molar-refractivity contribution in [1.82, 2.24) is 10.3 Å². The third kappa shape index (κ3) is 6.17. The highest BCUT2D eigenvalue weighted by Crippen LogP contribution is 2.03. The molecule has 1 rings (SSSR count). The smallest absolute Gasteiger partial charge is 0.164 e. The zero-order chi connectivity index (χ0) is 12.5. The molecule has 0 fully saturated rings. The van der Waals surface area contributed by atoms with E-state index in [1.54, 1.807) is 18.5 Å². The summed E-state index contributed by atoms with van der Waals surface area (Å²) in [6.45, 7) is 6.39. The Bertz CT molecular complexity index is 322. The molecule has 0 aromatic carbocycles. The maximum atomic E-state index is 11.7. The standard InChI is InChI=1S/C14H22N2O/c1-12(2)7-10-15-8-4-6-14(17)13-5-3-9-16-11-13/h3,5,9,11-12,15H,4,6-8,10H2,1-2H3. The lowest BCUT2D eigenvalue weighted by molar-refractivity contribution is 0.0979. The lowest BCUT2D eigenvalue weighted by atomic mass is 10.1. The normalized spacial score (nSPS) is 10.8. The molecule has 0 spiro atoms. The van der Waals surface area contributed by atoms with E-state index in [1.165, 1.54) is 6.42 Å². The number of aromatic nitrogens is 1. The molecular weight excluding hydrogens is 212 g/mol. The second-order valence-corrected chi connectivity index (χ2v) is 4.70. The van der Waals surface area contributed by atoms with Crippen LogP contribution in [-0.2, 0) is 0 Å². The number of Topliss-reactive ketones (excluding diaryl/α,β-unsaturated/α-hetero) is 1. The van der Waals surface area contributed by atoms with Crippen molar-refractivity contribution in [3.8, 4) is 0 Å². The second-order valence-electron chi connectivity index (χ2n) is 4.70. The van der Waals surface area contributed by atoms with Gasteiger partial charge in [-0.2, -0.15) is 0 Å². The van der Waals surface area contributed by atoms with Gasteiger partial charge in [0.25, 0.3) is 0 Å². The molecule has 1 aromatic rings. The molecule has 0 aliphatic rings. The molecule has 0 saturated carbocycles. The average Bonchev–Trinajstić information content (AvgIpc) is 2.34. The minimum Gasteiger partial charge on any atom is -0.317 e. The third-order valence-electron chi connectivity index (χ3n) is 2.64. The van der Waals surface area contributed by atoms with Crippen molar-refractivity contribution in [1.29, 1.82) is 0 Å². The molecular formula is C14H22N2O. The number of rotatable bonds is 8. The average molecular weight is 234 g/mol. The highest BCUT2D eigenvalue weighted by molar-refractivity contribution is 5.95. The fourth-order valence-corrected chi connectivity index (χ4v) is 1.56. The summed E-state index contributed by atoms with van der Waals surface area (Å²) in [6, 6.07) is 3.62. The van der Waals surface area contributed by atoms with E-state index in [0.29, 0.717) is 6.42 Å². The molecule has 94 valence electrons. The van der Waals surface area contributed by atoms with E-state index in [1.807, 2.05) is 6.07 Å². The molecule has 3 nitrogen and oxygen atoms in total. The third-order valence-corrected chi connectivity index (χ3v) is 2.64. The van der Waals surface area contributed by atoms with Crippen LogP contribution in [0.25, 0.3) is 0 Å². The molecule has 0 atom stereocenters. The summed E-state index contributed by atoms with van der Waals surface area (Å²) in [5.41, 5.74) is 0.717.